The van der Waals surface area contributed by atoms with E-state index in [1.54, 1.807) is 0 Å². The minimum Gasteiger partial charge on any atom is -0.380 e. The molecule has 0 spiro atoms. The molecule has 0 bridgehead atoms. The van der Waals surface area contributed by atoms with E-state index >= 15 is 0 Å². The second-order valence-corrected chi connectivity index (χ2v) is 4.91. The van der Waals surface area contributed by atoms with Gasteiger partial charge in [-0.2, -0.15) is 0 Å². The molecule has 1 aromatic rings. The largest absolute Gasteiger partial charge is 0.380 e. The van der Waals surface area contributed by atoms with E-state index in [2.05, 4.69) is 4.90 Å². The van der Waals surface area contributed by atoms with Crippen LogP contribution in [0.3, 0.4) is 0 Å². The number of hydrogen-bond acceptors (Lipinski definition) is 4. The van der Waals surface area contributed by atoms with Crippen LogP contribution >= 0.6 is 0 Å². The second-order valence-electron chi connectivity index (χ2n) is 4.91. The van der Waals surface area contributed by atoms with Crippen molar-refractivity contribution in [2.24, 2.45) is 0 Å². The highest BCUT2D eigenvalue weighted by Gasteiger charge is 2.14. The highest BCUT2D eigenvalue weighted by atomic mass is 16.5. The molecule has 0 radical (unpaired) electrons. The Morgan fingerprint density at radius 3 is 2.14 bits per heavy atom. The molecule has 0 atom stereocenters. The van der Waals surface area contributed by atoms with Gasteiger partial charge in [0.2, 0.25) is 0 Å². The number of hydrogen-bond donors (Lipinski definition) is 0. The first-order chi connectivity index (χ1) is 10.2. The molecule has 4 heteroatoms. The van der Waals surface area contributed by atoms with Crippen LogP contribution in [-0.2, 0) is 9.47 Å². The van der Waals surface area contributed by atoms with Crippen molar-refractivity contribution in [3.63, 3.8) is 0 Å². The van der Waals surface area contributed by atoms with Gasteiger partial charge in [0.05, 0.1) is 19.8 Å². The fourth-order valence-electron chi connectivity index (χ4n) is 2.12. The van der Waals surface area contributed by atoms with Crippen molar-refractivity contribution in [3.05, 3.63) is 35.4 Å². The Morgan fingerprint density at radius 1 is 1.05 bits per heavy atom. The lowest BCUT2D eigenvalue weighted by Gasteiger charge is -2.21. The standard InChI is InChI=1S/C17H27NO3/c1-4-20-12-10-18(11-13-21-5-2)14-17(19)16-9-7-6-8-15(16)3/h6-9H,4-5,10-14H2,1-3H3. The molecule has 0 N–H and O–H groups in total. The summed E-state index contributed by atoms with van der Waals surface area (Å²) in [6, 6.07) is 7.72. The zero-order chi connectivity index (χ0) is 15.5. The monoisotopic (exact) mass is 293 g/mol. The molecule has 0 unspecified atom stereocenters. The van der Waals surface area contributed by atoms with Crippen LogP contribution in [0.2, 0.25) is 0 Å². The van der Waals surface area contributed by atoms with Crippen LogP contribution in [0.25, 0.3) is 0 Å². The number of carbonyl (C=O) groups is 1. The summed E-state index contributed by atoms with van der Waals surface area (Å²) in [7, 11) is 0. The molecule has 0 aliphatic rings. The molecule has 0 saturated heterocycles. The summed E-state index contributed by atoms with van der Waals surface area (Å²) in [5.41, 5.74) is 1.83. The van der Waals surface area contributed by atoms with Crippen LogP contribution < -0.4 is 0 Å². The Morgan fingerprint density at radius 2 is 1.62 bits per heavy atom. The molecular weight excluding hydrogens is 266 g/mol. The average Bonchev–Trinajstić information content (AvgIpc) is 2.48. The first kappa shape index (κ1) is 17.8. The van der Waals surface area contributed by atoms with Crippen LogP contribution in [0.15, 0.2) is 24.3 Å². The van der Waals surface area contributed by atoms with Crippen LogP contribution in [0.1, 0.15) is 29.8 Å². The van der Waals surface area contributed by atoms with Crippen molar-refractivity contribution in [1.82, 2.24) is 4.90 Å². The fourth-order valence-corrected chi connectivity index (χ4v) is 2.12. The quantitative estimate of drug-likeness (QED) is 0.464. The third-order valence-corrected chi connectivity index (χ3v) is 3.32. The summed E-state index contributed by atoms with van der Waals surface area (Å²) >= 11 is 0. The summed E-state index contributed by atoms with van der Waals surface area (Å²) in [5.74, 6) is 0.154. The van der Waals surface area contributed by atoms with Crippen molar-refractivity contribution in [3.8, 4) is 0 Å². The minimum atomic E-state index is 0.154. The number of Topliss-reactive ketones (excluding diaryl/α,β-unsaturated/α-hetero) is 1. The number of nitrogens with zero attached hydrogens (tertiary/aromatic N) is 1. The van der Waals surface area contributed by atoms with E-state index in [1.807, 2.05) is 45.0 Å². The topological polar surface area (TPSA) is 38.8 Å². The first-order valence-electron chi connectivity index (χ1n) is 7.65. The first-order valence-corrected chi connectivity index (χ1v) is 7.65. The molecule has 21 heavy (non-hydrogen) atoms. The van der Waals surface area contributed by atoms with Gasteiger partial charge in [0.25, 0.3) is 0 Å². The van der Waals surface area contributed by atoms with E-state index in [0.29, 0.717) is 33.0 Å². The molecule has 1 aromatic carbocycles. The van der Waals surface area contributed by atoms with Gasteiger partial charge in [0.1, 0.15) is 0 Å². The van der Waals surface area contributed by atoms with E-state index in [-0.39, 0.29) is 5.78 Å². The molecule has 0 aromatic heterocycles. The van der Waals surface area contributed by atoms with Crippen molar-refractivity contribution >= 4 is 5.78 Å². The van der Waals surface area contributed by atoms with Crippen LogP contribution in [0.5, 0.6) is 0 Å². The van der Waals surface area contributed by atoms with Crippen molar-refractivity contribution < 1.29 is 14.3 Å². The number of benzene rings is 1. The third-order valence-electron chi connectivity index (χ3n) is 3.32. The van der Waals surface area contributed by atoms with E-state index in [9.17, 15) is 4.79 Å². The molecule has 1 rings (SSSR count). The molecular formula is C17H27NO3. The molecule has 0 heterocycles. The van der Waals surface area contributed by atoms with Gasteiger partial charge in [-0.1, -0.05) is 24.3 Å². The van der Waals surface area contributed by atoms with E-state index in [1.165, 1.54) is 0 Å². The summed E-state index contributed by atoms with van der Waals surface area (Å²) in [5, 5.41) is 0. The van der Waals surface area contributed by atoms with Crippen LogP contribution in [0.4, 0.5) is 0 Å². The Bertz CT molecular complexity index is 410. The predicted molar refractivity (Wildman–Crippen MR) is 84.9 cm³/mol. The molecule has 118 valence electrons. The van der Waals surface area contributed by atoms with Gasteiger partial charge in [0.15, 0.2) is 5.78 Å². The van der Waals surface area contributed by atoms with Gasteiger partial charge in [-0.15, -0.1) is 0 Å². The number of ketones is 1. The lowest BCUT2D eigenvalue weighted by Crippen LogP contribution is -2.35. The maximum Gasteiger partial charge on any atom is 0.177 e. The number of aryl methyl sites for hydroxylation is 1. The third kappa shape index (κ3) is 6.85. The van der Waals surface area contributed by atoms with E-state index in [4.69, 9.17) is 9.47 Å². The van der Waals surface area contributed by atoms with E-state index < -0.39 is 0 Å². The SMILES string of the molecule is CCOCCN(CCOCC)CC(=O)c1ccccc1C. The number of rotatable bonds is 11. The minimum absolute atomic E-state index is 0.154. The van der Waals surface area contributed by atoms with Gasteiger partial charge in [-0.25, -0.2) is 0 Å². The maximum absolute atomic E-state index is 12.4. The lowest BCUT2D eigenvalue weighted by molar-refractivity contribution is 0.0725. The number of carbonyl (C=O) groups excluding carboxylic acids is 1. The molecule has 4 nitrogen and oxygen atoms in total. The predicted octanol–water partition coefficient (Wildman–Crippen LogP) is 2.55. The Balaban J connectivity index is 2.57. The summed E-state index contributed by atoms with van der Waals surface area (Å²) in [6.07, 6.45) is 0. The molecule has 0 amide bonds. The van der Waals surface area contributed by atoms with Gasteiger partial charge in [0, 0.05) is 31.9 Å². The zero-order valence-corrected chi connectivity index (χ0v) is 13.4. The Labute approximate surface area is 128 Å². The summed E-state index contributed by atoms with van der Waals surface area (Å²) < 4.78 is 10.8. The van der Waals surface area contributed by atoms with Gasteiger partial charge in [-0.3, -0.25) is 9.69 Å². The molecule has 0 saturated carbocycles. The zero-order valence-electron chi connectivity index (χ0n) is 13.4. The van der Waals surface area contributed by atoms with Crippen molar-refractivity contribution in [2.75, 3.05) is 46.1 Å². The summed E-state index contributed by atoms with van der Waals surface area (Å²) in [6.45, 7) is 10.5. The molecule has 0 fully saturated rings. The van der Waals surface area contributed by atoms with Crippen molar-refractivity contribution in [2.45, 2.75) is 20.8 Å². The van der Waals surface area contributed by atoms with Gasteiger partial charge in [-0.05, 0) is 26.3 Å². The average molecular weight is 293 g/mol. The summed E-state index contributed by atoms with van der Waals surface area (Å²) in [4.78, 5) is 14.5. The second kappa shape index (κ2) is 10.5. The molecule has 0 aliphatic carbocycles. The highest BCUT2D eigenvalue weighted by Crippen LogP contribution is 2.08. The Kier molecular flexibility index (Phi) is 8.90. The van der Waals surface area contributed by atoms with Gasteiger partial charge < -0.3 is 9.47 Å². The van der Waals surface area contributed by atoms with E-state index in [0.717, 1.165) is 24.2 Å². The molecule has 0 aliphatic heterocycles. The highest BCUT2D eigenvalue weighted by molar-refractivity contribution is 5.98. The smallest absolute Gasteiger partial charge is 0.177 e. The Hall–Kier alpha value is -1.23. The van der Waals surface area contributed by atoms with Crippen LogP contribution in [-0.4, -0.2) is 56.7 Å². The van der Waals surface area contributed by atoms with Crippen molar-refractivity contribution in [1.29, 1.82) is 0 Å². The fraction of sp³-hybridized carbons (Fsp3) is 0.588. The van der Waals surface area contributed by atoms with Crippen LogP contribution in [0, 0.1) is 6.92 Å². The number of ether oxygens (including phenoxy) is 2. The normalized spacial score (nSPS) is 11.0. The maximum atomic E-state index is 12.4. The lowest BCUT2D eigenvalue weighted by atomic mass is 10.0. The van der Waals surface area contributed by atoms with Gasteiger partial charge >= 0.3 is 0 Å².